The second-order valence-corrected chi connectivity index (χ2v) is 13.0. The lowest BCUT2D eigenvalue weighted by molar-refractivity contribution is -0.137. The van der Waals surface area contributed by atoms with Crippen LogP contribution >= 0.6 is 0 Å². The van der Waals surface area contributed by atoms with Gasteiger partial charge >= 0.3 is 5.97 Å². The molecule has 5 heteroatoms. The SMILES string of the molecule is CC(=O)n1ncc2c1C(C)(C)C1=CC[C@H]3[C@@H]4CC[C@H]([C@H](C)CCC(=O)O)[C@@]4(C)CC[C@@H]3[C@@]1(C)C2. The van der Waals surface area contributed by atoms with Crippen LogP contribution in [-0.2, 0) is 16.6 Å². The van der Waals surface area contributed by atoms with Gasteiger partial charge in [-0.15, -0.1) is 0 Å². The molecule has 5 nitrogen and oxygen atoms in total. The van der Waals surface area contributed by atoms with E-state index in [0.29, 0.717) is 35.5 Å². The third-order valence-corrected chi connectivity index (χ3v) is 11.0. The molecule has 2 saturated carbocycles. The Balaban J connectivity index is 1.47. The van der Waals surface area contributed by atoms with Crippen molar-refractivity contribution >= 4 is 11.9 Å². The number of allylic oxidation sites excluding steroid dienone is 2. The summed E-state index contributed by atoms with van der Waals surface area (Å²) in [6.07, 6.45) is 12.8. The third kappa shape index (κ3) is 3.21. The molecule has 186 valence electrons. The van der Waals surface area contributed by atoms with E-state index in [1.807, 2.05) is 6.20 Å². The summed E-state index contributed by atoms with van der Waals surface area (Å²) in [5, 5.41) is 13.7. The average Bonchev–Trinajstić information content (AvgIpc) is 3.33. The lowest BCUT2D eigenvalue weighted by atomic mass is 9.44. The van der Waals surface area contributed by atoms with E-state index in [2.05, 4.69) is 45.8 Å². The van der Waals surface area contributed by atoms with Crippen LogP contribution in [0.3, 0.4) is 0 Å². The number of aromatic nitrogens is 2. The van der Waals surface area contributed by atoms with Gasteiger partial charge in [-0.05, 0) is 90.9 Å². The van der Waals surface area contributed by atoms with Gasteiger partial charge in [-0.25, -0.2) is 4.68 Å². The van der Waals surface area contributed by atoms with Crippen molar-refractivity contribution in [3.63, 3.8) is 0 Å². The summed E-state index contributed by atoms with van der Waals surface area (Å²) < 4.78 is 1.64. The highest BCUT2D eigenvalue weighted by Gasteiger charge is 2.61. The Hall–Kier alpha value is -1.91. The van der Waals surface area contributed by atoms with Crippen LogP contribution < -0.4 is 0 Å². The lowest BCUT2D eigenvalue weighted by Gasteiger charge is -2.60. The van der Waals surface area contributed by atoms with Gasteiger partial charge in [0.15, 0.2) is 0 Å². The molecule has 0 radical (unpaired) electrons. The summed E-state index contributed by atoms with van der Waals surface area (Å²) in [7, 11) is 0. The Morgan fingerprint density at radius 1 is 1.18 bits per heavy atom. The molecule has 0 amide bonds. The second kappa shape index (κ2) is 7.80. The Kier molecular flexibility index (Phi) is 5.46. The number of hydrogen-bond acceptors (Lipinski definition) is 3. The van der Waals surface area contributed by atoms with Gasteiger partial charge in [0, 0.05) is 18.8 Å². The number of rotatable bonds is 4. The highest BCUT2D eigenvalue weighted by atomic mass is 16.4. The van der Waals surface area contributed by atoms with Gasteiger partial charge in [-0.2, -0.15) is 5.10 Å². The molecule has 4 aliphatic rings. The highest BCUT2D eigenvalue weighted by Crippen LogP contribution is 2.68. The lowest BCUT2D eigenvalue weighted by Crippen LogP contribution is -2.54. The molecule has 7 atom stereocenters. The van der Waals surface area contributed by atoms with Gasteiger partial charge in [0.2, 0.25) is 5.91 Å². The quantitative estimate of drug-likeness (QED) is 0.531. The van der Waals surface area contributed by atoms with Crippen molar-refractivity contribution in [2.45, 2.75) is 98.3 Å². The first-order chi connectivity index (χ1) is 15.9. The zero-order chi connectivity index (χ0) is 24.6. The van der Waals surface area contributed by atoms with Gasteiger partial charge in [0.25, 0.3) is 0 Å². The third-order valence-electron chi connectivity index (χ3n) is 11.0. The molecule has 4 aliphatic carbocycles. The molecule has 0 unspecified atom stereocenters. The summed E-state index contributed by atoms with van der Waals surface area (Å²) in [6.45, 7) is 13.5. The van der Waals surface area contributed by atoms with Crippen molar-refractivity contribution in [3.8, 4) is 0 Å². The standard InChI is InChI=1S/C29H42N2O3/c1-17(7-12-25(33)34)21-9-10-22-20-8-11-24-27(3,4)26-19(16-30-31(26)18(2)32)15-29(24,6)23(20)13-14-28(21,22)5/h11,16-17,20-23H,7-10,12-15H2,1-6H3,(H,33,34)/t17-,20+,21-,22+,23+,28-,29-/m1/s1. The first kappa shape index (κ1) is 23.8. The molecule has 0 bridgehead atoms. The van der Waals surface area contributed by atoms with Gasteiger partial charge in [-0.1, -0.05) is 46.3 Å². The van der Waals surface area contributed by atoms with Crippen LogP contribution in [-0.4, -0.2) is 26.8 Å². The van der Waals surface area contributed by atoms with Crippen LogP contribution in [0.25, 0.3) is 0 Å². The van der Waals surface area contributed by atoms with Gasteiger partial charge in [-0.3, -0.25) is 9.59 Å². The number of carbonyl (C=O) groups excluding carboxylic acids is 1. The zero-order valence-corrected chi connectivity index (χ0v) is 21.9. The van der Waals surface area contributed by atoms with Crippen molar-refractivity contribution in [1.82, 2.24) is 9.78 Å². The number of aliphatic carboxylic acids is 1. The van der Waals surface area contributed by atoms with Crippen LogP contribution in [0, 0.1) is 40.4 Å². The minimum atomic E-state index is -0.666. The predicted octanol–water partition coefficient (Wildman–Crippen LogP) is 6.27. The minimum Gasteiger partial charge on any atom is -0.481 e. The van der Waals surface area contributed by atoms with E-state index in [9.17, 15) is 14.7 Å². The molecule has 2 fully saturated rings. The van der Waals surface area contributed by atoms with Crippen LogP contribution in [0.4, 0.5) is 0 Å². The fourth-order valence-electron chi connectivity index (χ4n) is 9.76. The average molecular weight is 467 g/mol. The second-order valence-electron chi connectivity index (χ2n) is 13.0. The zero-order valence-electron chi connectivity index (χ0n) is 21.9. The Bertz CT molecular complexity index is 1050. The molecule has 1 heterocycles. The minimum absolute atomic E-state index is 0.00494. The van der Waals surface area contributed by atoms with Crippen molar-refractivity contribution in [2.24, 2.45) is 40.4 Å². The van der Waals surface area contributed by atoms with Crippen molar-refractivity contribution in [3.05, 3.63) is 29.1 Å². The van der Waals surface area contributed by atoms with E-state index in [1.54, 1.807) is 11.6 Å². The molecule has 0 aromatic carbocycles. The smallest absolute Gasteiger partial charge is 0.303 e. The molecule has 0 spiro atoms. The fraction of sp³-hybridized carbons (Fsp3) is 0.759. The maximum atomic E-state index is 12.3. The molecule has 0 aliphatic heterocycles. The maximum Gasteiger partial charge on any atom is 0.303 e. The molecular weight excluding hydrogens is 424 g/mol. The molecule has 5 rings (SSSR count). The van der Waals surface area contributed by atoms with E-state index in [-0.39, 0.29) is 16.7 Å². The van der Waals surface area contributed by atoms with Crippen molar-refractivity contribution < 1.29 is 14.7 Å². The largest absolute Gasteiger partial charge is 0.481 e. The molecule has 1 aromatic heterocycles. The Morgan fingerprint density at radius 3 is 2.59 bits per heavy atom. The van der Waals surface area contributed by atoms with E-state index >= 15 is 0 Å². The normalized spacial score (nSPS) is 38.7. The summed E-state index contributed by atoms with van der Waals surface area (Å²) in [6, 6.07) is 0. The number of nitrogens with zero attached hydrogens (tertiary/aromatic N) is 2. The van der Waals surface area contributed by atoms with Crippen molar-refractivity contribution in [2.75, 3.05) is 0 Å². The molecule has 1 N–H and O–H groups in total. The predicted molar refractivity (Wildman–Crippen MR) is 133 cm³/mol. The Labute approximate surface area is 204 Å². The number of carboxylic acids is 1. The monoisotopic (exact) mass is 466 g/mol. The van der Waals surface area contributed by atoms with Crippen LogP contribution in [0.1, 0.15) is 103 Å². The summed E-state index contributed by atoms with van der Waals surface area (Å²) in [5.74, 6) is 2.52. The maximum absolute atomic E-state index is 12.3. The fourth-order valence-corrected chi connectivity index (χ4v) is 9.76. The topological polar surface area (TPSA) is 72.2 Å². The summed E-state index contributed by atoms with van der Waals surface area (Å²) >= 11 is 0. The van der Waals surface area contributed by atoms with Gasteiger partial charge in [0.1, 0.15) is 0 Å². The van der Waals surface area contributed by atoms with Gasteiger partial charge < -0.3 is 5.11 Å². The first-order valence-electron chi connectivity index (χ1n) is 13.4. The Morgan fingerprint density at radius 2 is 1.91 bits per heavy atom. The summed E-state index contributed by atoms with van der Waals surface area (Å²) in [4.78, 5) is 23.5. The molecular formula is C29H42N2O3. The number of carbonyl (C=O) groups is 2. The molecule has 34 heavy (non-hydrogen) atoms. The van der Waals surface area contributed by atoms with Crippen LogP contribution in [0.15, 0.2) is 17.8 Å². The molecule has 0 saturated heterocycles. The van der Waals surface area contributed by atoms with Crippen LogP contribution in [0.5, 0.6) is 0 Å². The van der Waals surface area contributed by atoms with Crippen molar-refractivity contribution in [1.29, 1.82) is 0 Å². The molecule has 1 aromatic rings. The number of hydrogen-bond donors (Lipinski definition) is 1. The summed E-state index contributed by atoms with van der Waals surface area (Å²) in [5.41, 5.74) is 4.11. The number of fused-ring (bicyclic) bond motifs is 6. The number of carboxylic acid groups (broad SMARTS) is 1. The van der Waals surface area contributed by atoms with E-state index in [0.717, 1.165) is 30.9 Å². The first-order valence-corrected chi connectivity index (χ1v) is 13.4. The van der Waals surface area contributed by atoms with E-state index in [1.165, 1.54) is 36.8 Å². The van der Waals surface area contributed by atoms with Crippen LogP contribution in [0.2, 0.25) is 0 Å². The van der Waals surface area contributed by atoms with Gasteiger partial charge in [0.05, 0.1) is 11.9 Å². The van der Waals surface area contributed by atoms with E-state index in [4.69, 9.17) is 0 Å². The highest BCUT2D eigenvalue weighted by molar-refractivity contribution is 5.77. The van der Waals surface area contributed by atoms with E-state index < -0.39 is 5.97 Å².